The van der Waals surface area contributed by atoms with Gasteiger partial charge in [-0.2, -0.15) is 0 Å². The van der Waals surface area contributed by atoms with Crippen LogP contribution in [0.15, 0.2) is 60.7 Å². The monoisotopic (exact) mass is 274 g/mol. The van der Waals surface area contributed by atoms with Gasteiger partial charge in [0.25, 0.3) is 0 Å². The zero-order valence-corrected chi connectivity index (χ0v) is 11.6. The molecule has 0 amide bonds. The van der Waals surface area contributed by atoms with E-state index >= 15 is 0 Å². The van der Waals surface area contributed by atoms with Crippen LogP contribution in [0.1, 0.15) is 17.3 Å². The summed E-state index contributed by atoms with van der Waals surface area (Å²) in [5.41, 5.74) is 4.87. The first kappa shape index (κ1) is 12.0. The van der Waals surface area contributed by atoms with E-state index in [4.69, 9.17) is 0 Å². The van der Waals surface area contributed by atoms with Crippen LogP contribution in [-0.2, 0) is 0 Å². The molecule has 0 aliphatic heterocycles. The Kier molecular flexibility index (Phi) is 2.48. The highest BCUT2D eigenvalue weighted by Crippen LogP contribution is 2.30. The van der Waals surface area contributed by atoms with E-state index < -0.39 is 0 Å². The smallest absolute Gasteiger partial charge is 0.162 e. The molecule has 21 heavy (non-hydrogen) atoms. The van der Waals surface area contributed by atoms with E-state index in [0.717, 1.165) is 33.2 Å². The number of nitrogens with zero attached hydrogens (tertiary/aromatic N) is 1. The van der Waals surface area contributed by atoms with Crippen LogP contribution in [-0.4, -0.2) is 15.4 Å². The third-order valence-corrected chi connectivity index (χ3v) is 3.86. The lowest BCUT2D eigenvalue weighted by atomic mass is 10.1. The largest absolute Gasteiger partial charge is 0.294 e. The molecule has 3 heteroatoms. The van der Waals surface area contributed by atoms with Gasteiger partial charge in [0.2, 0.25) is 0 Å². The Labute approximate surface area is 121 Å². The first-order valence-electron chi connectivity index (χ1n) is 6.94. The summed E-state index contributed by atoms with van der Waals surface area (Å²) < 4.78 is 1.99. The van der Waals surface area contributed by atoms with Gasteiger partial charge in [0.1, 0.15) is 0 Å². The first-order valence-corrected chi connectivity index (χ1v) is 6.94. The summed E-state index contributed by atoms with van der Waals surface area (Å²) in [7, 11) is 0. The van der Waals surface area contributed by atoms with Crippen molar-refractivity contribution in [2.75, 3.05) is 0 Å². The molecule has 0 saturated carbocycles. The second-order valence-corrected chi connectivity index (χ2v) is 5.20. The van der Waals surface area contributed by atoms with Crippen LogP contribution in [0.25, 0.3) is 27.7 Å². The number of H-pyrrole nitrogens is 1. The van der Waals surface area contributed by atoms with E-state index in [0.29, 0.717) is 0 Å². The van der Waals surface area contributed by atoms with Gasteiger partial charge >= 0.3 is 0 Å². The lowest BCUT2D eigenvalue weighted by Gasteiger charge is -1.97. The molecule has 4 rings (SSSR count). The van der Waals surface area contributed by atoms with Crippen LogP contribution in [0.2, 0.25) is 0 Å². The molecule has 2 aromatic heterocycles. The third-order valence-electron chi connectivity index (χ3n) is 3.86. The average Bonchev–Trinajstić information content (AvgIpc) is 3.04. The number of benzene rings is 2. The minimum atomic E-state index is 0.0901. The summed E-state index contributed by atoms with van der Waals surface area (Å²) in [6.45, 7) is 1.62. The molecule has 0 bridgehead atoms. The number of Topliss-reactive ketones (excluding diaryl/α,β-unsaturated/α-hetero) is 1. The normalized spacial score (nSPS) is 11.3. The van der Waals surface area contributed by atoms with Crippen LogP contribution in [0.5, 0.6) is 0 Å². The predicted molar refractivity (Wildman–Crippen MR) is 84.7 cm³/mol. The Morgan fingerprint density at radius 2 is 1.67 bits per heavy atom. The summed E-state index contributed by atoms with van der Waals surface area (Å²) in [4.78, 5) is 12.1. The van der Waals surface area contributed by atoms with Gasteiger partial charge < -0.3 is 0 Å². The molecule has 102 valence electrons. The highest BCUT2D eigenvalue weighted by Gasteiger charge is 2.17. The number of fused-ring (bicyclic) bond motifs is 3. The van der Waals surface area contributed by atoms with Crippen molar-refractivity contribution in [3.05, 3.63) is 66.2 Å². The Morgan fingerprint density at radius 3 is 2.43 bits per heavy atom. The Bertz CT molecular complexity index is 961. The highest BCUT2D eigenvalue weighted by molar-refractivity contribution is 6.14. The summed E-state index contributed by atoms with van der Waals surface area (Å²) in [6, 6.07) is 20.2. The summed E-state index contributed by atoms with van der Waals surface area (Å²) in [6.07, 6.45) is 0. The predicted octanol–water partition coefficient (Wildman–Crippen LogP) is 4.29. The number of rotatable bonds is 2. The van der Waals surface area contributed by atoms with Crippen LogP contribution in [0.3, 0.4) is 0 Å². The fourth-order valence-corrected chi connectivity index (χ4v) is 2.94. The van der Waals surface area contributed by atoms with E-state index in [1.807, 2.05) is 53.0 Å². The fraction of sp³-hybridized carbons (Fsp3) is 0.0556. The molecule has 2 heterocycles. The molecule has 0 radical (unpaired) electrons. The summed E-state index contributed by atoms with van der Waals surface area (Å²) >= 11 is 0. The third kappa shape index (κ3) is 1.71. The second-order valence-electron chi connectivity index (χ2n) is 5.20. The van der Waals surface area contributed by atoms with Gasteiger partial charge in [-0.25, -0.2) is 0 Å². The molecule has 1 N–H and O–H groups in total. The van der Waals surface area contributed by atoms with Gasteiger partial charge in [0.15, 0.2) is 5.78 Å². The molecule has 0 unspecified atom stereocenters. The van der Waals surface area contributed by atoms with Gasteiger partial charge in [-0.05, 0) is 24.6 Å². The highest BCUT2D eigenvalue weighted by atomic mass is 16.1. The SMILES string of the molecule is CC(=O)c1c2ccccc2n2[nH]c(-c3ccccc3)cc12. The molecule has 0 aliphatic rings. The van der Waals surface area contributed by atoms with Crippen molar-refractivity contribution in [2.45, 2.75) is 6.92 Å². The Morgan fingerprint density at radius 1 is 0.952 bits per heavy atom. The number of nitrogens with one attached hydrogen (secondary N) is 1. The van der Waals surface area contributed by atoms with Gasteiger partial charge in [0.05, 0.1) is 22.3 Å². The van der Waals surface area contributed by atoms with Crippen LogP contribution >= 0.6 is 0 Å². The first-order chi connectivity index (χ1) is 10.3. The zero-order valence-electron chi connectivity index (χ0n) is 11.6. The number of carbonyl (C=O) groups is 1. The lowest BCUT2D eigenvalue weighted by Crippen LogP contribution is -1.89. The fourth-order valence-electron chi connectivity index (χ4n) is 2.94. The molecule has 2 aromatic carbocycles. The number of aromatic nitrogens is 2. The molecule has 3 nitrogen and oxygen atoms in total. The maximum absolute atomic E-state index is 12.1. The molecular formula is C18H14N2O. The van der Waals surface area contributed by atoms with E-state index in [2.05, 4.69) is 17.2 Å². The molecule has 0 atom stereocenters. The quantitative estimate of drug-likeness (QED) is 0.544. The molecule has 0 aliphatic carbocycles. The number of ketones is 1. The van der Waals surface area contributed by atoms with Crippen molar-refractivity contribution in [3.63, 3.8) is 0 Å². The van der Waals surface area contributed by atoms with Crippen LogP contribution in [0.4, 0.5) is 0 Å². The van der Waals surface area contributed by atoms with Crippen molar-refractivity contribution in [1.29, 1.82) is 0 Å². The van der Waals surface area contributed by atoms with E-state index in [1.165, 1.54) is 0 Å². The minimum Gasteiger partial charge on any atom is -0.294 e. The lowest BCUT2D eigenvalue weighted by molar-refractivity contribution is 0.102. The summed E-state index contributed by atoms with van der Waals surface area (Å²) in [5, 5.41) is 4.39. The number of carbonyl (C=O) groups excluding carboxylic acids is 1. The van der Waals surface area contributed by atoms with Gasteiger partial charge in [0, 0.05) is 5.39 Å². The Hall–Kier alpha value is -2.81. The second kappa shape index (κ2) is 4.35. The molecule has 0 spiro atoms. The van der Waals surface area contributed by atoms with Crippen LogP contribution < -0.4 is 0 Å². The minimum absolute atomic E-state index is 0.0901. The number of para-hydroxylation sites is 1. The van der Waals surface area contributed by atoms with E-state index in [9.17, 15) is 4.79 Å². The van der Waals surface area contributed by atoms with Crippen molar-refractivity contribution in [1.82, 2.24) is 9.61 Å². The van der Waals surface area contributed by atoms with Crippen molar-refractivity contribution >= 4 is 22.2 Å². The van der Waals surface area contributed by atoms with Gasteiger partial charge in [-0.15, -0.1) is 0 Å². The number of aromatic amines is 1. The maximum atomic E-state index is 12.1. The van der Waals surface area contributed by atoms with Crippen molar-refractivity contribution in [2.24, 2.45) is 0 Å². The zero-order chi connectivity index (χ0) is 14.4. The van der Waals surface area contributed by atoms with E-state index in [-0.39, 0.29) is 5.78 Å². The van der Waals surface area contributed by atoms with E-state index in [1.54, 1.807) is 6.92 Å². The van der Waals surface area contributed by atoms with Gasteiger partial charge in [-0.3, -0.25) is 14.4 Å². The standard InChI is InChI=1S/C18H14N2O/c1-12(21)18-14-9-5-6-10-16(14)20-17(18)11-15(19-20)13-7-3-2-4-8-13/h2-11,19H,1H3. The molecule has 0 saturated heterocycles. The summed E-state index contributed by atoms with van der Waals surface area (Å²) in [5.74, 6) is 0.0901. The molecule has 4 aromatic rings. The number of hydrogen-bond donors (Lipinski definition) is 1. The topological polar surface area (TPSA) is 37.3 Å². The van der Waals surface area contributed by atoms with Crippen molar-refractivity contribution in [3.8, 4) is 11.3 Å². The number of hydrogen-bond acceptors (Lipinski definition) is 1. The van der Waals surface area contributed by atoms with Crippen molar-refractivity contribution < 1.29 is 4.79 Å². The maximum Gasteiger partial charge on any atom is 0.162 e. The molecular weight excluding hydrogens is 260 g/mol. The average molecular weight is 274 g/mol. The van der Waals surface area contributed by atoms with Gasteiger partial charge in [-0.1, -0.05) is 48.5 Å². The Balaban J connectivity index is 2.09. The molecule has 0 fully saturated rings. The van der Waals surface area contributed by atoms with Crippen LogP contribution in [0, 0.1) is 0 Å².